The summed E-state index contributed by atoms with van der Waals surface area (Å²) in [6.07, 6.45) is 31.9. The first kappa shape index (κ1) is 29.6. The minimum atomic E-state index is -1.29. The molecule has 0 atom stereocenters. The fraction of sp³-hybridized carbons (Fsp3) is 0.786. The molecule has 31 heavy (non-hydrogen) atoms. The van der Waals surface area contributed by atoms with Gasteiger partial charge in [0.05, 0.1) is 0 Å². The van der Waals surface area contributed by atoms with Crippen LogP contribution in [0.4, 0.5) is 0 Å². The van der Waals surface area contributed by atoms with Crippen molar-refractivity contribution in [2.75, 3.05) is 0 Å². The van der Waals surface area contributed by atoms with E-state index in [0.717, 1.165) is 31.6 Å². The summed E-state index contributed by atoms with van der Waals surface area (Å²) in [4.78, 5) is 21.4. The molecule has 0 aliphatic carbocycles. The molecule has 0 saturated carbocycles. The van der Waals surface area contributed by atoms with Crippen molar-refractivity contribution in [2.45, 2.75) is 136 Å². The Morgan fingerprint density at radius 1 is 0.613 bits per heavy atom. The first-order valence-corrected chi connectivity index (χ1v) is 13.1. The maximum atomic E-state index is 11.0. The predicted octanol–water partition coefficient (Wildman–Crippen LogP) is 8.82. The number of unbranched alkanes of at least 4 members (excludes halogenated alkanes) is 14. The lowest BCUT2D eigenvalue weighted by Gasteiger charge is -2.03. The Balaban J connectivity index is 3.18. The highest BCUT2D eigenvalue weighted by molar-refractivity contribution is 6.32. The zero-order valence-electron chi connectivity index (χ0n) is 20.6. The van der Waals surface area contributed by atoms with E-state index in [9.17, 15) is 9.59 Å². The zero-order valence-corrected chi connectivity index (χ0v) is 20.6. The van der Waals surface area contributed by atoms with Crippen molar-refractivity contribution in [2.24, 2.45) is 5.92 Å². The molecule has 0 heterocycles. The van der Waals surface area contributed by atoms with Gasteiger partial charge in [0.2, 0.25) is 5.78 Å². The maximum Gasteiger partial charge on any atom is 0.372 e. The molecule has 180 valence electrons. The fourth-order valence-electron chi connectivity index (χ4n) is 3.71. The van der Waals surface area contributed by atoms with Gasteiger partial charge in [0.15, 0.2) is 0 Å². The number of carbonyl (C=O) groups is 2. The van der Waals surface area contributed by atoms with Crippen LogP contribution in [0.25, 0.3) is 0 Å². The number of hydrogen-bond acceptors (Lipinski definition) is 2. The summed E-state index contributed by atoms with van der Waals surface area (Å²) in [6.45, 7) is 4.56. The normalized spacial score (nSPS) is 11.8. The Bertz CT molecular complexity index is 477. The van der Waals surface area contributed by atoms with E-state index in [1.54, 1.807) is 0 Å². The second-order valence-corrected chi connectivity index (χ2v) is 9.37. The van der Waals surface area contributed by atoms with Crippen LogP contribution in [0.3, 0.4) is 0 Å². The summed E-state index contributed by atoms with van der Waals surface area (Å²) in [5, 5.41) is 8.51. The van der Waals surface area contributed by atoms with Crippen LogP contribution in [0.15, 0.2) is 24.3 Å². The Morgan fingerprint density at radius 2 is 1.03 bits per heavy atom. The van der Waals surface area contributed by atoms with Crippen LogP contribution < -0.4 is 0 Å². The summed E-state index contributed by atoms with van der Waals surface area (Å²) in [5.74, 6) is -1.13. The highest BCUT2D eigenvalue weighted by Crippen LogP contribution is 2.14. The topological polar surface area (TPSA) is 54.4 Å². The number of aliphatic carboxylic acids is 1. The summed E-state index contributed by atoms with van der Waals surface area (Å²) in [6, 6.07) is 0. The van der Waals surface area contributed by atoms with Gasteiger partial charge in [-0.25, -0.2) is 4.79 Å². The molecule has 0 fully saturated rings. The average Bonchev–Trinajstić information content (AvgIpc) is 2.73. The molecule has 0 aliphatic rings. The molecule has 0 saturated heterocycles. The number of allylic oxidation sites excluding steroid dienone is 4. The predicted molar refractivity (Wildman–Crippen MR) is 133 cm³/mol. The lowest BCUT2D eigenvalue weighted by molar-refractivity contribution is -0.149. The number of carboxylic acids is 1. The van der Waals surface area contributed by atoms with Crippen LogP contribution in [0, 0.1) is 5.92 Å². The number of carbonyl (C=O) groups excluding carboxylic acids is 1. The van der Waals surface area contributed by atoms with E-state index in [4.69, 9.17) is 5.11 Å². The third-order valence-electron chi connectivity index (χ3n) is 5.78. The summed E-state index contributed by atoms with van der Waals surface area (Å²) in [5.41, 5.74) is 0. The van der Waals surface area contributed by atoms with Crippen LogP contribution in [-0.4, -0.2) is 16.9 Å². The van der Waals surface area contributed by atoms with E-state index in [2.05, 4.69) is 38.2 Å². The van der Waals surface area contributed by atoms with Crippen molar-refractivity contribution >= 4 is 11.8 Å². The zero-order chi connectivity index (χ0) is 23.0. The molecule has 0 rings (SSSR count). The standard InChI is InChI=1S/C28H50O3/c1-26(2)24-22-20-18-16-14-12-10-8-6-4-3-5-7-9-11-13-15-17-19-21-23-25-27(29)28(30)31/h12,14,18,20,26H,3-11,13,15-17,19,21-25H2,1-2H3,(H,30,31). The Labute approximate surface area is 192 Å². The minimum Gasteiger partial charge on any atom is -0.476 e. The van der Waals surface area contributed by atoms with Crippen molar-refractivity contribution in [1.29, 1.82) is 0 Å². The van der Waals surface area contributed by atoms with Crippen LogP contribution in [0.2, 0.25) is 0 Å². The number of hydrogen-bond donors (Lipinski definition) is 1. The van der Waals surface area contributed by atoms with Gasteiger partial charge in [0.25, 0.3) is 0 Å². The summed E-state index contributed by atoms with van der Waals surface area (Å²) in [7, 11) is 0. The highest BCUT2D eigenvalue weighted by atomic mass is 16.4. The Morgan fingerprint density at radius 3 is 1.48 bits per heavy atom. The average molecular weight is 435 g/mol. The van der Waals surface area contributed by atoms with Gasteiger partial charge < -0.3 is 5.11 Å². The van der Waals surface area contributed by atoms with Gasteiger partial charge in [-0.3, -0.25) is 4.79 Å². The van der Waals surface area contributed by atoms with Crippen LogP contribution in [-0.2, 0) is 9.59 Å². The van der Waals surface area contributed by atoms with Gasteiger partial charge in [-0.05, 0) is 44.4 Å². The van der Waals surface area contributed by atoms with Crippen molar-refractivity contribution in [1.82, 2.24) is 0 Å². The second-order valence-electron chi connectivity index (χ2n) is 9.37. The molecule has 0 unspecified atom stereocenters. The van der Waals surface area contributed by atoms with Crippen molar-refractivity contribution in [3.8, 4) is 0 Å². The van der Waals surface area contributed by atoms with E-state index >= 15 is 0 Å². The summed E-state index contributed by atoms with van der Waals surface area (Å²) < 4.78 is 0. The lowest BCUT2D eigenvalue weighted by atomic mass is 10.0. The molecule has 0 amide bonds. The van der Waals surface area contributed by atoms with E-state index in [0.29, 0.717) is 0 Å². The third-order valence-corrected chi connectivity index (χ3v) is 5.78. The van der Waals surface area contributed by atoms with Crippen molar-refractivity contribution in [3.63, 3.8) is 0 Å². The van der Waals surface area contributed by atoms with Gasteiger partial charge in [-0.1, -0.05) is 115 Å². The number of rotatable bonds is 23. The first-order chi connectivity index (χ1) is 15.0. The smallest absolute Gasteiger partial charge is 0.372 e. The quantitative estimate of drug-likeness (QED) is 0.0992. The number of ketones is 1. The molecule has 0 aliphatic heterocycles. The molecule has 0 spiro atoms. The minimum absolute atomic E-state index is 0.197. The van der Waals surface area contributed by atoms with E-state index < -0.39 is 11.8 Å². The highest BCUT2D eigenvalue weighted by Gasteiger charge is 2.09. The molecule has 3 nitrogen and oxygen atoms in total. The molecular weight excluding hydrogens is 384 g/mol. The van der Waals surface area contributed by atoms with Gasteiger partial charge in [0, 0.05) is 6.42 Å². The van der Waals surface area contributed by atoms with Gasteiger partial charge in [0.1, 0.15) is 0 Å². The van der Waals surface area contributed by atoms with Crippen LogP contribution in [0.5, 0.6) is 0 Å². The van der Waals surface area contributed by atoms with Gasteiger partial charge in [-0.2, -0.15) is 0 Å². The largest absolute Gasteiger partial charge is 0.476 e. The van der Waals surface area contributed by atoms with Gasteiger partial charge in [-0.15, -0.1) is 0 Å². The molecule has 0 aromatic carbocycles. The molecule has 1 N–H and O–H groups in total. The lowest BCUT2D eigenvalue weighted by Crippen LogP contribution is -2.11. The van der Waals surface area contributed by atoms with Crippen LogP contribution in [0.1, 0.15) is 136 Å². The van der Waals surface area contributed by atoms with E-state index in [1.165, 1.54) is 89.9 Å². The molecular formula is C28H50O3. The Hall–Kier alpha value is -1.38. The number of carboxylic acid groups (broad SMARTS) is 1. The first-order valence-electron chi connectivity index (χ1n) is 13.1. The third kappa shape index (κ3) is 24.8. The molecule has 0 aromatic rings. The second kappa shape index (κ2) is 23.3. The van der Waals surface area contributed by atoms with Crippen LogP contribution >= 0.6 is 0 Å². The van der Waals surface area contributed by atoms with E-state index in [-0.39, 0.29) is 6.42 Å². The molecule has 3 heteroatoms. The van der Waals surface area contributed by atoms with E-state index in [1.807, 2.05) is 0 Å². The monoisotopic (exact) mass is 434 g/mol. The SMILES string of the molecule is CC(C)CCC=CCC=CCCCCCCCCCCCCCCCCC(=O)C(=O)O. The fourth-order valence-corrected chi connectivity index (χ4v) is 3.71. The van der Waals surface area contributed by atoms with Crippen molar-refractivity contribution in [3.05, 3.63) is 24.3 Å². The molecule has 0 radical (unpaired) electrons. The Kier molecular flexibility index (Phi) is 22.2. The maximum absolute atomic E-state index is 11.0. The van der Waals surface area contributed by atoms with Gasteiger partial charge >= 0.3 is 5.97 Å². The molecule has 0 bridgehead atoms. The number of Topliss-reactive ketones (excluding diaryl/α,β-unsaturated/α-hetero) is 1. The molecule has 0 aromatic heterocycles. The van der Waals surface area contributed by atoms with Crippen molar-refractivity contribution < 1.29 is 14.7 Å². The summed E-state index contributed by atoms with van der Waals surface area (Å²) >= 11 is 0.